The maximum absolute atomic E-state index is 12.0. The highest BCUT2D eigenvalue weighted by Gasteiger charge is 2.65. The lowest BCUT2D eigenvalue weighted by molar-refractivity contribution is 0.146. The summed E-state index contributed by atoms with van der Waals surface area (Å²) >= 11 is 4.16. The molecule has 1 saturated heterocycles. The second kappa shape index (κ2) is 6.85. The Morgan fingerprint density at radius 1 is 1.05 bits per heavy atom. The van der Waals surface area contributed by atoms with E-state index in [0.29, 0.717) is 6.54 Å². The van der Waals surface area contributed by atoms with Gasteiger partial charge in [0.1, 0.15) is 0 Å². The van der Waals surface area contributed by atoms with Crippen LogP contribution in [0.5, 0.6) is 0 Å². The maximum Gasteiger partial charge on any atom is 0.343 e. The lowest BCUT2D eigenvalue weighted by Gasteiger charge is -2.46. The van der Waals surface area contributed by atoms with Gasteiger partial charge in [-0.1, -0.05) is 12.8 Å². The lowest BCUT2D eigenvalue weighted by Crippen LogP contribution is -2.43. The topological polar surface area (TPSA) is 127 Å². The van der Waals surface area contributed by atoms with Crippen molar-refractivity contribution in [2.24, 2.45) is 17.8 Å². The molecule has 1 saturated carbocycles. The van der Waals surface area contributed by atoms with Crippen LogP contribution in [0.25, 0.3) is 0 Å². The fourth-order valence-corrected chi connectivity index (χ4v) is 7.55. The van der Waals surface area contributed by atoms with E-state index in [0.717, 1.165) is 31.6 Å². The number of fused-ring (bicyclic) bond motifs is 1. The van der Waals surface area contributed by atoms with Crippen molar-refractivity contribution in [1.82, 2.24) is 5.32 Å². The van der Waals surface area contributed by atoms with Crippen LogP contribution in [0.2, 0.25) is 0 Å². The summed E-state index contributed by atoms with van der Waals surface area (Å²) in [5.41, 5.74) is 0. The van der Waals surface area contributed by atoms with Gasteiger partial charge in [-0.15, -0.1) is 0 Å². The molecule has 0 aromatic carbocycles. The molecule has 2 aliphatic rings. The molecule has 0 aromatic rings. The molecule has 0 radical (unpaired) electrons. The van der Waals surface area contributed by atoms with Crippen LogP contribution in [-0.4, -0.2) is 43.3 Å². The van der Waals surface area contributed by atoms with E-state index >= 15 is 0 Å². The Morgan fingerprint density at radius 3 is 2.23 bits per heavy atom. The van der Waals surface area contributed by atoms with Gasteiger partial charge in [-0.3, -0.25) is 9.13 Å². The zero-order valence-electron chi connectivity index (χ0n) is 12.3. The van der Waals surface area contributed by atoms with Crippen LogP contribution in [0.3, 0.4) is 0 Å². The van der Waals surface area contributed by atoms with Crippen LogP contribution >= 0.6 is 27.8 Å². The van der Waals surface area contributed by atoms with Gasteiger partial charge in [-0.25, -0.2) is 0 Å². The molecule has 22 heavy (non-hydrogen) atoms. The smallest absolute Gasteiger partial charge is 0.324 e. The van der Waals surface area contributed by atoms with Gasteiger partial charge in [0.15, 0.2) is 4.90 Å². The van der Waals surface area contributed by atoms with Crippen LogP contribution in [0.1, 0.15) is 32.1 Å². The molecule has 5 N–H and O–H groups in total. The summed E-state index contributed by atoms with van der Waals surface area (Å²) in [6.07, 6.45) is 2.27. The van der Waals surface area contributed by atoms with Gasteiger partial charge in [-0.2, -0.15) is 12.6 Å². The summed E-state index contributed by atoms with van der Waals surface area (Å²) in [5.74, 6) is 0.816. The Labute approximate surface area is 136 Å². The van der Waals surface area contributed by atoms with E-state index in [-0.39, 0.29) is 30.6 Å². The number of rotatable bonds is 6. The number of nitrogens with one attached hydrogen (secondary N) is 1. The van der Waals surface area contributed by atoms with Gasteiger partial charge in [0.2, 0.25) is 0 Å². The molecule has 2 fully saturated rings. The fourth-order valence-electron chi connectivity index (χ4n) is 4.08. The number of hydrogen-bond donors (Lipinski definition) is 6. The molecule has 0 aromatic heterocycles. The highest BCUT2D eigenvalue weighted by Crippen LogP contribution is 2.76. The van der Waals surface area contributed by atoms with Crippen molar-refractivity contribution >= 4 is 27.8 Å². The third kappa shape index (κ3) is 3.50. The minimum atomic E-state index is -4.93. The van der Waals surface area contributed by atoms with Crippen molar-refractivity contribution in [3.05, 3.63) is 0 Å². The second-order valence-corrected chi connectivity index (χ2v) is 11.2. The zero-order chi connectivity index (χ0) is 16.6. The minimum Gasteiger partial charge on any atom is -0.324 e. The lowest BCUT2D eigenvalue weighted by atomic mass is 9.71. The van der Waals surface area contributed by atoms with Gasteiger partial charge in [0, 0.05) is 0 Å². The van der Waals surface area contributed by atoms with Crippen molar-refractivity contribution in [2.45, 2.75) is 37.0 Å². The van der Waals surface area contributed by atoms with E-state index in [1.54, 1.807) is 0 Å². The molecule has 130 valence electrons. The number of thiol groups is 1. The standard InChI is InChI=1S/C12H25NO6P2S/c14-20(15,16)12(21(17,18)19)5-9(3-1-2-4-22)11-8-13-7-10(11)6-12/h9-11,13,22H,1-8H2,(H2,14,15,16)(H2,17,18,19). The maximum atomic E-state index is 12.0. The quantitative estimate of drug-likeness (QED) is 0.236. The van der Waals surface area contributed by atoms with Crippen molar-refractivity contribution in [3.8, 4) is 0 Å². The molecule has 1 aliphatic heterocycles. The molecule has 0 amide bonds. The summed E-state index contributed by atoms with van der Waals surface area (Å²) in [6, 6.07) is 0. The Kier molecular flexibility index (Phi) is 5.90. The van der Waals surface area contributed by atoms with Crippen LogP contribution in [0.4, 0.5) is 0 Å². The Morgan fingerprint density at radius 2 is 1.68 bits per heavy atom. The first-order valence-electron chi connectivity index (χ1n) is 7.55. The van der Waals surface area contributed by atoms with E-state index < -0.39 is 20.1 Å². The van der Waals surface area contributed by atoms with Crippen molar-refractivity contribution in [3.63, 3.8) is 0 Å². The Balaban J connectivity index is 2.32. The third-order valence-electron chi connectivity index (χ3n) is 5.24. The normalized spacial score (nSPS) is 32.0. The highest BCUT2D eigenvalue weighted by atomic mass is 32.1. The van der Waals surface area contributed by atoms with E-state index in [2.05, 4.69) is 17.9 Å². The van der Waals surface area contributed by atoms with Gasteiger partial charge < -0.3 is 24.9 Å². The minimum absolute atomic E-state index is 0.0751. The SMILES string of the molecule is O=P(O)(O)C1(P(=O)(O)O)CC(CCCCS)C2CNCC2C1. The summed E-state index contributed by atoms with van der Waals surface area (Å²) < 4.78 is 24.0. The fraction of sp³-hybridized carbons (Fsp3) is 1.00. The largest absolute Gasteiger partial charge is 0.343 e. The molecule has 1 aliphatic carbocycles. The molecule has 0 bridgehead atoms. The van der Waals surface area contributed by atoms with E-state index in [9.17, 15) is 28.7 Å². The molecule has 10 heteroatoms. The van der Waals surface area contributed by atoms with Gasteiger partial charge in [0.25, 0.3) is 0 Å². The van der Waals surface area contributed by atoms with Crippen LogP contribution in [0, 0.1) is 17.8 Å². The Bertz CT molecular complexity index is 470. The summed E-state index contributed by atoms with van der Waals surface area (Å²) in [5, 5.41) is 3.20. The van der Waals surface area contributed by atoms with E-state index in [1.807, 2.05) is 0 Å². The van der Waals surface area contributed by atoms with Crippen LogP contribution in [0.15, 0.2) is 0 Å². The molecular weight excluding hydrogens is 348 g/mol. The van der Waals surface area contributed by atoms with E-state index in [1.165, 1.54) is 0 Å². The second-order valence-electron chi connectivity index (χ2n) is 6.54. The molecule has 3 unspecified atom stereocenters. The zero-order valence-corrected chi connectivity index (χ0v) is 15.0. The molecule has 1 heterocycles. The molecule has 2 rings (SSSR count). The summed E-state index contributed by atoms with van der Waals surface area (Å²) in [6.45, 7) is 1.32. The van der Waals surface area contributed by atoms with Crippen LogP contribution < -0.4 is 5.32 Å². The molecule has 0 spiro atoms. The first-order valence-corrected chi connectivity index (χ1v) is 11.4. The molecule has 7 nitrogen and oxygen atoms in total. The molecular formula is C12H25NO6P2S. The highest BCUT2D eigenvalue weighted by molar-refractivity contribution is 7.80. The van der Waals surface area contributed by atoms with E-state index in [4.69, 9.17) is 0 Å². The predicted octanol–water partition coefficient (Wildman–Crippen LogP) is 1.38. The Hall–Kier alpha value is 0.610. The number of hydrogen-bond acceptors (Lipinski definition) is 4. The summed E-state index contributed by atoms with van der Waals surface area (Å²) in [7, 11) is -9.85. The average Bonchev–Trinajstić information content (AvgIpc) is 2.84. The van der Waals surface area contributed by atoms with Crippen molar-refractivity contribution in [1.29, 1.82) is 0 Å². The van der Waals surface area contributed by atoms with Crippen LogP contribution in [-0.2, 0) is 9.13 Å². The van der Waals surface area contributed by atoms with Crippen molar-refractivity contribution < 1.29 is 28.7 Å². The predicted molar refractivity (Wildman–Crippen MR) is 87.1 cm³/mol. The van der Waals surface area contributed by atoms with Gasteiger partial charge >= 0.3 is 15.2 Å². The first-order chi connectivity index (χ1) is 10.1. The third-order valence-corrected chi connectivity index (χ3v) is 10.0. The van der Waals surface area contributed by atoms with Gasteiger partial charge in [0.05, 0.1) is 0 Å². The van der Waals surface area contributed by atoms with Gasteiger partial charge in [-0.05, 0) is 55.9 Å². The van der Waals surface area contributed by atoms with Crippen molar-refractivity contribution in [2.75, 3.05) is 18.8 Å². The summed E-state index contributed by atoms with van der Waals surface area (Å²) in [4.78, 5) is 36.7. The average molecular weight is 373 g/mol. The monoisotopic (exact) mass is 373 g/mol. The molecule has 3 atom stereocenters. The number of unbranched alkanes of at least 4 members (excludes halogenated alkanes) is 1. The first kappa shape index (κ1) is 18.9.